The zero-order valence-corrected chi connectivity index (χ0v) is 22.2. The van der Waals surface area contributed by atoms with Crippen LogP contribution >= 0.6 is 0 Å². The molecule has 1 unspecified atom stereocenters. The highest BCUT2D eigenvalue weighted by Crippen LogP contribution is 2.30. The third-order valence-electron chi connectivity index (χ3n) is 6.39. The standard InChI is InChI=1S/C25H38N8O2/c1-9-33-16(2)18(12-28-33)20-29-19-21(31(20)8)26-15-27-22(19)35-17-10-11-32(13-17)23(34)30-25(6,7)14-24(3,4)5/h12,15,17H,9-11,13-14H2,1-8H3,(H,30,34). The van der Waals surface area contributed by atoms with Crippen molar-refractivity contribution < 1.29 is 9.53 Å². The number of nitrogens with zero attached hydrogens (tertiary/aromatic N) is 7. The lowest BCUT2D eigenvalue weighted by molar-refractivity contribution is 0.169. The molecule has 0 spiro atoms. The number of imidazole rings is 1. The number of carbonyl (C=O) groups excluding carboxylic acids is 1. The normalized spacial score (nSPS) is 16.8. The predicted molar refractivity (Wildman–Crippen MR) is 135 cm³/mol. The minimum atomic E-state index is -0.291. The number of ether oxygens (including phenoxy) is 1. The lowest BCUT2D eigenvalue weighted by Crippen LogP contribution is -2.51. The predicted octanol–water partition coefficient (Wildman–Crippen LogP) is 3.93. The Labute approximate surface area is 207 Å². The number of nitrogens with one attached hydrogen (secondary N) is 1. The molecular formula is C25H38N8O2. The van der Waals surface area contributed by atoms with Gasteiger partial charge in [0.05, 0.1) is 18.3 Å². The van der Waals surface area contributed by atoms with E-state index >= 15 is 0 Å². The highest BCUT2D eigenvalue weighted by atomic mass is 16.5. The first-order chi connectivity index (χ1) is 16.4. The van der Waals surface area contributed by atoms with Crippen LogP contribution in [0.5, 0.6) is 5.88 Å². The molecule has 3 aromatic rings. The summed E-state index contributed by atoms with van der Waals surface area (Å²) < 4.78 is 10.2. The number of hydrogen-bond acceptors (Lipinski definition) is 6. The van der Waals surface area contributed by atoms with E-state index < -0.39 is 0 Å². The molecule has 1 aliphatic heterocycles. The third kappa shape index (κ3) is 5.26. The van der Waals surface area contributed by atoms with E-state index in [1.807, 2.05) is 34.3 Å². The van der Waals surface area contributed by atoms with Crippen molar-refractivity contribution in [3.63, 3.8) is 0 Å². The molecule has 190 valence electrons. The summed E-state index contributed by atoms with van der Waals surface area (Å²) in [4.78, 5) is 28.4. The molecule has 10 heteroatoms. The fourth-order valence-electron chi connectivity index (χ4n) is 5.20. The molecule has 2 amide bonds. The summed E-state index contributed by atoms with van der Waals surface area (Å²) in [6.07, 6.45) is 4.81. The van der Waals surface area contributed by atoms with Gasteiger partial charge in [-0.3, -0.25) is 4.68 Å². The number of likely N-dealkylation sites (tertiary alicyclic amines) is 1. The van der Waals surface area contributed by atoms with Gasteiger partial charge >= 0.3 is 6.03 Å². The molecule has 4 heterocycles. The number of rotatable bonds is 6. The Morgan fingerprint density at radius 3 is 2.63 bits per heavy atom. The van der Waals surface area contributed by atoms with Crippen LogP contribution in [0.3, 0.4) is 0 Å². The molecule has 0 aliphatic carbocycles. The van der Waals surface area contributed by atoms with Crippen molar-refractivity contribution in [1.29, 1.82) is 0 Å². The van der Waals surface area contributed by atoms with Crippen LogP contribution in [0, 0.1) is 12.3 Å². The molecule has 0 aromatic carbocycles. The van der Waals surface area contributed by atoms with Gasteiger partial charge in [0.25, 0.3) is 0 Å². The van der Waals surface area contributed by atoms with Gasteiger partial charge in [0, 0.05) is 37.8 Å². The molecule has 3 aromatic heterocycles. The maximum Gasteiger partial charge on any atom is 0.317 e. The first kappa shape index (κ1) is 24.9. The zero-order chi connectivity index (χ0) is 25.5. The number of carbonyl (C=O) groups is 1. The molecule has 0 bridgehead atoms. The van der Waals surface area contributed by atoms with Crippen molar-refractivity contribution >= 4 is 17.2 Å². The van der Waals surface area contributed by atoms with Crippen molar-refractivity contribution in [3.05, 3.63) is 18.2 Å². The van der Waals surface area contributed by atoms with Crippen molar-refractivity contribution in [1.82, 2.24) is 39.5 Å². The maximum absolute atomic E-state index is 12.9. The van der Waals surface area contributed by atoms with Gasteiger partial charge in [-0.25, -0.2) is 14.8 Å². The molecule has 10 nitrogen and oxygen atoms in total. The van der Waals surface area contributed by atoms with Crippen LogP contribution in [0.2, 0.25) is 0 Å². The first-order valence-corrected chi connectivity index (χ1v) is 12.3. The van der Waals surface area contributed by atoms with Gasteiger partial charge in [0.15, 0.2) is 11.2 Å². The smallest absolute Gasteiger partial charge is 0.317 e. The molecule has 1 N–H and O–H groups in total. The largest absolute Gasteiger partial charge is 0.471 e. The Bertz CT molecular complexity index is 1220. The summed E-state index contributed by atoms with van der Waals surface area (Å²) in [6.45, 7) is 16.7. The lowest BCUT2D eigenvalue weighted by Gasteiger charge is -2.34. The summed E-state index contributed by atoms with van der Waals surface area (Å²) in [5.74, 6) is 1.22. The van der Waals surface area contributed by atoms with Crippen LogP contribution in [0.4, 0.5) is 4.79 Å². The van der Waals surface area contributed by atoms with Crippen LogP contribution in [-0.4, -0.2) is 65.0 Å². The summed E-state index contributed by atoms with van der Waals surface area (Å²) in [5, 5.41) is 7.64. The van der Waals surface area contributed by atoms with E-state index in [-0.39, 0.29) is 23.1 Å². The number of fused-ring (bicyclic) bond motifs is 1. The van der Waals surface area contributed by atoms with E-state index in [2.05, 4.69) is 61.9 Å². The maximum atomic E-state index is 12.9. The minimum Gasteiger partial charge on any atom is -0.471 e. The third-order valence-corrected chi connectivity index (χ3v) is 6.39. The monoisotopic (exact) mass is 482 g/mol. The van der Waals surface area contributed by atoms with Crippen LogP contribution in [0.1, 0.15) is 60.1 Å². The second-order valence-electron chi connectivity index (χ2n) is 11.3. The van der Waals surface area contributed by atoms with Crippen LogP contribution in [0.15, 0.2) is 12.5 Å². The van der Waals surface area contributed by atoms with Gasteiger partial charge in [-0.05, 0) is 39.5 Å². The summed E-state index contributed by atoms with van der Waals surface area (Å²) in [6, 6.07) is -0.0540. The Morgan fingerprint density at radius 1 is 1.23 bits per heavy atom. The lowest BCUT2D eigenvalue weighted by atomic mass is 9.82. The Morgan fingerprint density at radius 2 is 1.97 bits per heavy atom. The van der Waals surface area contributed by atoms with Crippen LogP contribution in [0.25, 0.3) is 22.6 Å². The Hall–Kier alpha value is -3.17. The van der Waals surface area contributed by atoms with Gasteiger partial charge in [-0.1, -0.05) is 20.8 Å². The van der Waals surface area contributed by atoms with Crippen molar-refractivity contribution in [2.45, 2.75) is 79.5 Å². The van der Waals surface area contributed by atoms with E-state index in [4.69, 9.17) is 9.72 Å². The van der Waals surface area contributed by atoms with E-state index in [1.165, 1.54) is 6.33 Å². The second-order valence-corrected chi connectivity index (χ2v) is 11.3. The van der Waals surface area contributed by atoms with Crippen molar-refractivity contribution in [3.8, 4) is 17.3 Å². The number of amides is 2. The van der Waals surface area contributed by atoms with Gasteiger partial charge in [-0.2, -0.15) is 10.1 Å². The van der Waals surface area contributed by atoms with Crippen molar-refractivity contribution in [2.75, 3.05) is 13.1 Å². The summed E-state index contributed by atoms with van der Waals surface area (Å²) >= 11 is 0. The molecule has 1 fully saturated rings. The number of urea groups is 1. The highest BCUT2D eigenvalue weighted by Gasteiger charge is 2.33. The van der Waals surface area contributed by atoms with E-state index in [0.29, 0.717) is 30.1 Å². The summed E-state index contributed by atoms with van der Waals surface area (Å²) in [7, 11) is 1.94. The molecule has 1 saturated heterocycles. The average Bonchev–Trinajstić information content (AvgIpc) is 3.44. The fraction of sp³-hybridized carbons (Fsp3) is 0.640. The minimum absolute atomic E-state index is 0.0540. The van der Waals surface area contributed by atoms with E-state index in [1.54, 1.807) is 0 Å². The van der Waals surface area contributed by atoms with Crippen LogP contribution < -0.4 is 10.1 Å². The molecule has 1 atom stereocenters. The summed E-state index contributed by atoms with van der Waals surface area (Å²) in [5.41, 5.74) is 3.16. The van der Waals surface area contributed by atoms with Gasteiger partial charge in [0.2, 0.25) is 5.88 Å². The zero-order valence-electron chi connectivity index (χ0n) is 22.2. The molecule has 0 radical (unpaired) electrons. The molecule has 4 rings (SSSR count). The quantitative estimate of drug-likeness (QED) is 0.571. The molecule has 1 aliphatic rings. The number of hydrogen-bond donors (Lipinski definition) is 1. The van der Waals surface area contributed by atoms with E-state index in [9.17, 15) is 4.79 Å². The van der Waals surface area contributed by atoms with E-state index in [0.717, 1.165) is 36.5 Å². The fourth-order valence-corrected chi connectivity index (χ4v) is 5.20. The SMILES string of the molecule is CCn1ncc(-c2nc3c(OC4CCN(C(=O)NC(C)(C)CC(C)(C)C)C4)ncnc3n2C)c1C. The first-order valence-electron chi connectivity index (χ1n) is 12.3. The highest BCUT2D eigenvalue weighted by molar-refractivity contribution is 5.81. The average molecular weight is 483 g/mol. The number of aryl methyl sites for hydroxylation is 2. The molecule has 35 heavy (non-hydrogen) atoms. The number of aromatic nitrogens is 6. The topological polar surface area (TPSA) is 103 Å². The molecule has 0 saturated carbocycles. The van der Waals surface area contributed by atoms with Gasteiger partial charge in [0.1, 0.15) is 18.3 Å². The van der Waals surface area contributed by atoms with Crippen molar-refractivity contribution in [2.24, 2.45) is 12.5 Å². The molecular weight excluding hydrogens is 444 g/mol. The van der Waals surface area contributed by atoms with Gasteiger partial charge in [-0.15, -0.1) is 0 Å². The van der Waals surface area contributed by atoms with Gasteiger partial charge < -0.3 is 19.5 Å². The Kier molecular flexibility index (Phi) is 6.50. The van der Waals surface area contributed by atoms with Crippen LogP contribution in [-0.2, 0) is 13.6 Å². The second kappa shape index (κ2) is 9.13. The Balaban J connectivity index is 1.49.